The molecule has 1 fully saturated rings. The van der Waals surface area contributed by atoms with Crippen molar-refractivity contribution in [2.75, 3.05) is 6.61 Å². The fraction of sp³-hybridized carbons (Fsp3) is 0.417. The lowest BCUT2D eigenvalue weighted by atomic mass is 9.74. The Labute approximate surface area is 182 Å². The molecule has 5 heteroatoms. The van der Waals surface area contributed by atoms with Crippen LogP contribution in [0, 0.1) is 11.8 Å². The van der Waals surface area contributed by atoms with Gasteiger partial charge >= 0.3 is 5.97 Å². The number of Topliss-reactive ketones (excluding diaryl/α,β-unsaturated/α-hetero) is 1. The van der Waals surface area contributed by atoms with Gasteiger partial charge in [0, 0.05) is 5.92 Å². The zero-order valence-corrected chi connectivity index (χ0v) is 18.1. The molecule has 3 nitrogen and oxygen atoms in total. The van der Waals surface area contributed by atoms with E-state index in [1.807, 2.05) is 6.07 Å². The zero-order chi connectivity index (χ0) is 20.8. The number of benzene rings is 2. The monoisotopic (exact) mass is 432 g/mol. The van der Waals surface area contributed by atoms with Crippen molar-refractivity contribution in [2.24, 2.45) is 11.8 Å². The van der Waals surface area contributed by atoms with Crippen molar-refractivity contribution in [1.82, 2.24) is 0 Å². The summed E-state index contributed by atoms with van der Waals surface area (Å²) in [7, 11) is 0. The molecule has 29 heavy (non-hydrogen) atoms. The van der Waals surface area contributed by atoms with E-state index in [1.165, 1.54) is 5.56 Å². The van der Waals surface area contributed by atoms with E-state index in [0.717, 1.165) is 25.7 Å². The van der Waals surface area contributed by atoms with E-state index >= 15 is 0 Å². The Hall–Kier alpha value is -1.84. The first-order valence-corrected chi connectivity index (χ1v) is 10.9. The van der Waals surface area contributed by atoms with Crippen LogP contribution in [0.3, 0.4) is 0 Å². The normalized spacial score (nSPS) is 20.1. The summed E-state index contributed by atoms with van der Waals surface area (Å²) in [6.45, 7) is 1.99. The van der Waals surface area contributed by atoms with Crippen molar-refractivity contribution < 1.29 is 14.3 Å². The summed E-state index contributed by atoms with van der Waals surface area (Å²) < 4.78 is 5.21. The highest BCUT2D eigenvalue weighted by atomic mass is 35.5. The highest BCUT2D eigenvalue weighted by molar-refractivity contribution is 6.42. The molecule has 0 N–H and O–H groups in total. The number of hydrogen-bond acceptors (Lipinski definition) is 3. The number of ether oxygens (including phenoxy) is 1. The molecule has 1 unspecified atom stereocenters. The first-order chi connectivity index (χ1) is 14.0. The number of halogens is 2. The molecule has 0 amide bonds. The predicted molar refractivity (Wildman–Crippen MR) is 116 cm³/mol. The van der Waals surface area contributed by atoms with E-state index in [1.54, 1.807) is 25.1 Å². The summed E-state index contributed by atoms with van der Waals surface area (Å²) in [5.74, 6) is -1.00. The summed E-state index contributed by atoms with van der Waals surface area (Å²) in [5.41, 5.74) is 2.02. The minimum atomic E-state index is -0.843. The summed E-state index contributed by atoms with van der Waals surface area (Å²) in [6.07, 6.45) is 3.70. The quantitative estimate of drug-likeness (QED) is 0.383. The van der Waals surface area contributed by atoms with Gasteiger partial charge in [-0.2, -0.15) is 0 Å². The zero-order valence-electron chi connectivity index (χ0n) is 16.6. The van der Waals surface area contributed by atoms with Crippen LogP contribution >= 0.6 is 23.2 Å². The Kier molecular flexibility index (Phi) is 7.74. The van der Waals surface area contributed by atoms with Crippen LogP contribution in [-0.2, 0) is 20.7 Å². The maximum absolute atomic E-state index is 13.3. The highest BCUT2D eigenvalue weighted by Gasteiger charge is 2.36. The molecule has 154 valence electrons. The van der Waals surface area contributed by atoms with Gasteiger partial charge in [-0.1, -0.05) is 65.7 Å². The number of rotatable bonds is 7. The summed E-state index contributed by atoms with van der Waals surface area (Å²) in [6, 6.07) is 15.7. The second-order valence-electron chi connectivity index (χ2n) is 7.58. The number of esters is 1. The van der Waals surface area contributed by atoms with Crippen molar-refractivity contribution in [3.8, 4) is 0 Å². The van der Waals surface area contributed by atoms with E-state index < -0.39 is 11.9 Å². The summed E-state index contributed by atoms with van der Waals surface area (Å²) >= 11 is 12.4. The first kappa shape index (κ1) is 21.9. The smallest absolute Gasteiger partial charge is 0.316 e. The first-order valence-electron chi connectivity index (χ1n) is 10.2. The van der Waals surface area contributed by atoms with Gasteiger partial charge in [0.25, 0.3) is 0 Å². The molecule has 1 aliphatic carbocycles. The molecule has 1 atom stereocenters. The summed E-state index contributed by atoms with van der Waals surface area (Å²) in [5, 5.41) is 0.812. The fourth-order valence-electron chi connectivity index (χ4n) is 4.19. The van der Waals surface area contributed by atoms with Gasteiger partial charge < -0.3 is 4.74 Å². The molecule has 1 aliphatic rings. The van der Waals surface area contributed by atoms with Crippen molar-refractivity contribution in [1.29, 1.82) is 0 Å². The largest absolute Gasteiger partial charge is 0.465 e. The lowest BCUT2D eigenvalue weighted by molar-refractivity contribution is -0.152. The number of carbonyl (C=O) groups is 2. The summed E-state index contributed by atoms with van der Waals surface area (Å²) in [4.78, 5) is 25.9. The molecule has 1 saturated carbocycles. The van der Waals surface area contributed by atoms with Crippen LogP contribution < -0.4 is 0 Å². The number of ketones is 1. The molecule has 0 heterocycles. The van der Waals surface area contributed by atoms with E-state index in [0.29, 0.717) is 21.5 Å². The topological polar surface area (TPSA) is 43.4 Å². The Balaban J connectivity index is 1.72. The second-order valence-corrected chi connectivity index (χ2v) is 8.37. The standard InChI is InChI=1S/C24H26Cl2O3/c1-2-29-24(28)20(15-19-9-6-10-21(25)22(19)26)23(27)18-13-11-17(12-14-18)16-7-4-3-5-8-16/h3-10,17-18,20H,2,11-15H2,1H3/t17-,18-,20?. The third kappa shape index (κ3) is 5.40. The molecule has 0 bridgehead atoms. The predicted octanol–water partition coefficient (Wildman–Crippen LogP) is 6.26. The van der Waals surface area contributed by atoms with Crippen LogP contribution in [-0.4, -0.2) is 18.4 Å². The van der Waals surface area contributed by atoms with Gasteiger partial charge in [0.05, 0.1) is 16.7 Å². The third-order valence-corrected chi connectivity index (χ3v) is 6.63. The van der Waals surface area contributed by atoms with Crippen molar-refractivity contribution >= 4 is 35.0 Å². The highest BCUT2D eigenvalue weighted by Crippen LogP contribution is 2.38. The second kappa shape index (κ2) is 10.3. The van der Waals surface area contributed by atoms with Crippen molar-refractivity contribution in [3.05, 3.63) is 69.7 Å². The fourth-order valence-corrected chi connectivity index (χ4v) is 4.59. The van der Waals surface area contributed by atoms with E-state index in [-0.39, 0.29) is 24.7 Å². The van der Waals surface area contributed by atoms with Crippen LogP contribution in [0.1, 0.15) is 49.7 Å². The maximum Gasteiger partial charge on any atom is 0.316 e. The molecule has 2 aromatic rings. The molecule has 0 aromatic heterocycles. The van der Waals surface area contributed by atoms with Gasteiger partial charge in [-0.05, 0) is 62.1 Å². The minimum absolute atomic E-state index is 0.0361. The Bertz CT molecular complexity index is 842. The van der Waals surface area contributed by atoms with Gasteiger partial charge in [0.1, 0.15) is 5.92 Å². The lowest BCUT2D eigenvalue weighted by Gasteiger charge is -2.30. The van der Waals surface area contributed by atoms with E-state index in [2.05, 4.69) is 24.3 Å². The van der Waals surface area contributed by atoms with Gasteiger partial charge in [-0.25, -0.2) is 0 Å². The molecule has 2 aromatic carbocycles. The average Bonchev–Trinajstić information content (AvgIpc) is 2.75. The SMILES string of the molecule is CCOC(=O)C(Cc1cccc(Cl)c1Cl)C(=O)[C@H]1CC[C@H](c2ccccc2)CC1. The maximum atomic E-state index is 13.3. The van der Waals surface area contributed by atoms with Crippen LogP contribution in [0.2, 0.25) is 10.0 Å². The van der Waals surface area contributed by atoms with Crippen LogP contribution in [0.4, 0.5) is 0 Å². The Morgan fingerprint density at radius 3 is 2.34 bits per heavy atom. The van der Waals surface area contributed by atoms with Gasteiger partial charge in [0.15, 0.2) is 5.78 Å². The van der Waals surface area contributed by atoms with Crippen LogP contribution in [0.5, 0.6) is 0 Å². The average molecular weight is 433 g/mol. The number of hydrogen-bond donors (Lipinski definition) is 0. The van der Waals surface area contributed by atoms with Crippen molar-refractivity contribution in [3.63, 3.8) is 0 Å². The van der Waals surface area contributed by atoms with Gasteiger partial charge in [-0.3, -0.25) is 9.59 Å². The lowest BCUT2D eigenvalue weighted by Crippen LogP contribution is -2.34. The Morgan fingerprint density at radius 1 is 1.00 bits per heavy atom. The van der Waals surface area contributed by atoms with Gasteiger partial charge in [-0.15, -0.1) is 0 Å². The molecule has 0 saturated heterocycles. The van der Waals surface area contributed by atoms with Crippen LogP contribution in [0.15, 0.2) is 48.5 Å². The minimum Gasteiger partial charge on any atom is -0.465 e. The molecule has 0 spiro atoms. The van der Waals surface area contributed by atoms with E-state index in [4.69, 9.17) is 27.9 Å². The molecule has 0 radical (unpaired) electrons. The van der Waals surface area contributed by atoms with Crippen molar-refractivity contribution in [2.45, 2.75) is 44.9 Å². The molecular weight excluding hydrogens is 407 g/mol. The van der Waals surface area contributed by atoms with Crippen LogP contribution in [0.25, 0.3) is 0 Å². The number of carbonyl (C=O) groups excluding carboxylic acids is 2. The Morgan fingerprint density at radius 2 is 1.69 bits per heavy atom. The van der Waals surface area contributed by atoms with E-state index in [9.17, 15) is 9.59 Å². The molecule has 0 aliphatic heterocycles. The molecular formula is C24H26Cl2O3. The van der Waals surface area contributed by atoms with Gasteiger partial charge in [0.2, 0.25) is 0 Å². The molecule has 3 rings (SSSR count). The third-order valence-electron chi connectivity index (χ3n) is 5.77.